The molecule has 46 heavy (non-hydrogen) atoms. The third kappa shape index (κ3) is 7.14. The van der Waals surface area contributed by atoms with Crippen LogP contribution in [0.2, 0.25) is 0 Å². The van der Waals surface area contributed by atoms with Gasteiger partial charge in [-0.1, -0.05) is 97.1 Å². The first kappa shape index (κ1) is 30.7. The molecule has 0 radical (unpaired) electrons. The fourth-order valence-electron chi connectivity index (χ4n) is 6.12. The molecule has 2 heterocycles. The van der Waals surface area contributed by atoms with Crippen molar-refractivity contribution in [3.8, 4) is 11.1 Å². The van der Waals surface area contributed by atoms with E-state index in [4.69, 9.17) is 5.73 Å². The highest BCUT2D eigenvalue weighted by Crippen LogP contribution is 2.24. The van der Waals surface area contributed by atoms with E-state index < -0.39 is 18.1 Å². The molecule has 8 nitrogen and oxygen atoms in total. The minimum atomic E-state index is -0.960. The topological polar surface area (TPSA) is 117 Å². The van der Waals surface area contributed by atoms with E-state index in [2.05, 4.69) is 27.8 Å². The standard InChI is InChI=1S/C38H37N5O3/c39-19-16-35(44)43(25-27-17-20-40-21-18-27)34(24-26-10-13-31(14-11-26)29-6-2-1-3-7-29)36-38(46)41-33(37(45)42-36)23-28-12-15-30-8-4-5-9-32(30)22-28/h1-15,17-18,20-22,33-34,36H,16,19,23-25,39H2,(H,41,46)(H,42,45). The second-order valence-corrected chi connectivity index (χ2v) is 11.7. The van der Waals surface area contributed by atoms with Crippen molar-refractivity contribution in [1.29, 1.82) is 0 Å². The number of nitrogens with one attached hydrogen (secondary N) is 2. The molecule has 1 aliphatic heterocycles. The molecule has 8 heteroatoms. The molecule has 1 aromatic heterocycles. The summed E-state index contributed by atoms with van der Waals surface area (Å²) in [5.74, 6) is -0.792. The Balaban J connectivity index is 1.28. The van der Waals surface area contributed by atoms with E-state index in [0.29, 0.717) is 12.8 Å². The number of pyridine rings is 1. The monoisotopic (exact) mass is 611 g/mol. The van der Waals surface area contributed by atoms with Gasteiger partial charge in [0.25, 0.3) is 0 Å². The zero-order valence-electron chi connectivity index (χ0n) is 25.5. The molecule has 3 amide bonds. The van der Waals surface area contributed by atoms with Gasteiger partial charge in [0.2, 0.25) is 17.7 Å². The maximum absolute atomic E-state index is 13.9. The van der Waals surface area contributed by atoms with E-state index in [1.807, 2.05) is 97.1 Å². The SMILES string of the molecule is NCCC(=O)N(Cc1ccncc1)C(Cc1ccc(-c2ccccc2)cc1)C1NC(=O)C(Cc2ccc3ccccc3c2)NC1=O. The third-order valence-corrected chi connectivity index (χ3v) is 8.54. The van der Waals surface area contributed by atoms with Crippen molar-refractivity contribution in [2.75, 3.05) is 6.54 Å². The normalized spacial score (nSPS) is 16.8. The van der Waals surface area contributed by atoms with Crippen LogP contribution in [0.15, 0.2) is 122 Å². The number of carbonyl (C=O) groups is 3. The van der Waals surface area contributed by atoms with Crippen LogP contribution in [0.3, 0.4) is 0 Å². The van der Waals surface area contributed by atoms with Gasteiger partial charge < -0.3 is 21.3 Å². The summed E-state index contributed by atoms with van der Waals surface area (Å²) in [6.07, 6.45) is 4.16. The molecular weight excluding hydrogens is 574 g/mol. The third-order valence-electron chi connectivity index (χ3n) is 8.54. The summed E-state index contributed by atoms with van der Waals surface area (Å²) in [7, 11) is 0. The highest BCUT2D eigenvalue weighted by Gasteiger charge is 2.42. The summed E-state index contributed by atoms with van der Waals surface area (Å²) in [5, 5.41) is 8.17. The van der Waals surface area contributed by atoms with E-state index in [1.165, 1.54) is 0 Å². The lowest BCUT2D eigenvalue weighted by atomic mass is 9.92. The molecular formula is C38H37N5O3. The van der Waals surface area contributed by atoms with Crippen LogP contribution in [-0.4, -0.2) is 52.3 Å². The van der Waals surface area contributed by atoms with Crippen LogP contribution in [0.5, 0.6) is 0 Å². The largest absolute Gasteiger partial charge is 0.342 e. The molecule has 0 saturated carbocycles. The lowest BCUT2D eigenvalue weighted by molar-refractivity contribution is -0.142. The summed E-state index contributed by atoms with van der Waals surface area (Å²) in [6.45, 7) is 0.412. The molecule has 4 N–H and O–H groups in total. The number of fused-ring (bicyclic) bond motifs is 1. The van der Waals surface area contributed by atoms with E-state index >= 15 is 0 Å². The molecule has 0 bridgehead atoms. The van der Waals surface area contributed by atoms with Crippen molar-refractivity contribution in [3.05, 3.63) is 138 Å². The van der Waals surface area contributed by atoms with Crippen molar-refractivity contribution in [2.45, 2.75) is 43.9 Å². The Kier molecular flexibility index (Phi) is 9.45. The molecule has 5 aromatic rings. The summed E-state index contributed by atoms with van der Waals surface area (Å²) in [6, 6.07) is 33.6. The van der Waals surface area contributed by atoms with Crippen LogP contribution < -0.4 is 16.4 Å². The van der Waals surface area contributed by atoms with Crippen LogP contribution >= 0.6 is 0 Å². The average Bonchev–Trinajstić information content (AvgIpc) is 3.09. The summed E-state index contributed by atoms with van der Waals surface area (Å²) >= 11 is 0. The predicted octanol–water partition coefficient (Wildman–Crippen LogP) is 4.42. The Morgan fingerprint density at radius 3 is 2.15 bits per heavy atom. The number of hydrogen-bond acceptors (Lipinski definition) is 5. The van der Waals surface area contributed by atoms with Gasteiger partial charge in [-0.25, -0.2) is 0 Å². The van der Waals surface area contributed by atoms with E-state index in [1.54, 1.807) is 17.3 Å². The van der Waals surface area contributed by atoms with Gasteiger partial charge in [0.15, 0.2) is 0 Å². The summed E-state index contributed by atoms with van der Waals surface area (Å²) in [4.78, 5) is 46.9. The van der Waals surface area contributed by atoms with Crippen LogP contribution in [0.25, 0.3) is 21.9 Å². The maximum Gasteiger partial charge on any atom is 0.245 e. The molecule has 0 aliphatic carbocycles. The first-order chi connectivity index (χ1) is 22.5. The van der Waals surface area contributed by atoms with Gasteiger partial charge in [0.05, 0.1) is 6.04 Å². The molecule has 1 saturated heterocycles. The quantitative estimate of drug-likeness (QED) is 0.205. The Morgan fingerprint density at radius 1 is 0.739 bits per heavy atom. The van der Waals surface area contributed by atoms with Crippen LogP contribution in [0.4, 0.5) is 0 Å². The maximum atomic E-state index is 13.9. The Morgan fingerprint density at radius 2 is 1.41 bits per heavy atom. The van der Waals surface area contributed by atoms with Gasteiger partial charge in [-0.2, -0.15) is 0 Å². The molecule has 4 aromatic carbocycles. The van der Waals surface area contributed by atoms with Gasteiger partial charge >= 0.3 is 0 Å². The molecule has 3 atom stereocenters. The summed E-state index contributed by atoms with van der Waals surface area (Å²) in [5.41, 5.74) is 10.7. The molecule has 1 fully saturated rings. The molecule has 0 spiro atoms. The Labute approximate surface area is 268 Å². The molecule has 3 unspecified atom stereocenters. The number of carbonyl (C=O) groups excluding carboxylic acids is 3. The lowest BCUT2D eigenvalue weighted by Gasteiger charge is -2.40. The fraction of sp³-hybridized carbons (Fsp3) is 0.211. The van der Waals surface area contributed by atoms with Crippen molar-refractivity contribution in [2.24, 2.45) is 5.73 Å². The van der Waals surface area contributed by atoms with Gasteiger partial charge in [0, 0.05) is 38.3 Å². The smallest absolute Gasteiger partial charge is 0.245 e. The van der Waals surface area contributed by atoms with E-state index in [9.17, 15) is 14.4 Å². The van der Waals surface area contributed by atoms with Crippen molar-refractivity contribution in [1.82, 2.24) is 20.5 Å². The van der Waals surface area contributed by atoms with Crippen molar-refractivity contribution in [3.63, 3.8) is 0 Å². The van der Waals surface area contributed by atoms with Crippen molar-refractivity contribution < 1.29 is 14.4 Å². The van der Waals surface area contributed by atoms with Crippen LogP contribution in [0.1, 0.15) is 23.1 Å². The van der Waals surface area contributed by atoms with Crippen LogP contribution in [0, 0.1) is 0 Å². The van der Waals surface area contributed by atoms with Crippen molar-refractivity contribution >= 4 is 28.5 Å². The van der Waals surface area contributed by atoms with Gasteiger partial charge in [-0.3, -0.25) is 19.4 Å². The number of nitrogens with two attached hydrogens (primary N) is 1. The number of amides is 3. The number of rotatable bonds is 11. The number of hydrogen-bond donors (Lipinski definition) is 3. The average molecular weight is 612 g/mol. The molecule has 6 rings (SSSR count). The lowest BCUT2D eigenvalue weighted by Crippen LogP contribution is -2.68. The zero-order valence-corrected chi connectivity index (χ0v) is 25.5. The summed E-state index contributed by atoms with van der Waals surface area (Å²) < 4.78 is 0. The van der Waals surface area contributed by atoms with E-state index in [0.717, 1.165) is 38.6 Å². The predicted molar refractivity (Wildman–Crippen MR) is 179 cm³/mol. The molecule has 1 aliphatic rings. The number of nitrogens with zero attached hydrogens (tertiary/aromatic N) is 2. The second kappa shape index (κ2) is 14.2. The zero-order chi connectivity index (χ0) is 31.9. The fourth-order valence-corrected chi connectivity index (χ4v) is 6.12. The van der Waals surface area contributed by atoms with E-state index in [-0.39, 0.29) is 37.2 Å². The van der Waals surface area contributed by atoms with Gasteiger partial charge in [0.1, 0.15) is 12.1 Å². The first-order valence-corrected chi connectivity index (χ1v) is 15.6. The highest BCUT2D eigenvalue weighted by atomic mass is 16.2. The van der Waals surface area contributed by atoms with Crippen LogP contribution in [-0.2, 0) is 33.8 Å². The minimum Gasteiger partial charge on any atom is -0.342 e. The number of piperazine rings is 1. The Bertz CT molecular complexity index is 1810. The highest BCUT2D eigenvalue weighted by molar-refractivity contribution is 5.98. The van der Waals surface area contributed by atoms with Gasteiger partial charge in [-0.05, 0) is 57.1 Å². The van der Waals surface area contributed by atoms with Gasteiger partial charge in [-0.15, -0.1) is 0 Å². The molecule has 232 valence electrons. The number of benzene rings is 4. The minimum absolute atomic E-state index is 0.113. The Hall–Kier alpha value is -5.34. The first-order valence-electron chi connectivity index (χ1n) is 15.6. The number of aromatic nitrogens is 1. The second-order valence-electron chi connectivity index (χ2n) is 11.7.